The molecule has 1 saturated heterocycles. The molecule has 0 bridgehead atoms. The lowest BCUT2D eigenvalue weighted by Crippen LogP contribution is -2.36. The van der Waals surface area contributed by atoms with Crippen molar-refractivity contribution < 1.29 is 9.18 Å². The molecular weight excluding hydrogens is 425 g/mol. The summed E-state index contributed by atoms with van der Waals surface area (Å²) in [6, 6.07) is 17.1. The van der Waals surface area contributed by atoms with E-state index >= 15 is 0 Å². The van der Waals surface area contributed by atoms with Crippen molar-refractivity contribution in [3.63, 3.8) is 0 Å². The van der Waals surface area contributed by atoms with Crippen LogP contribution in [0.5, 0.6) is 0 Å². The molecule has 5 heteroatoms. The number of aliphatic imine (C=N–C) groups is 1. The second-order valence-corrected chi connectivity index (χ2v) is 9.39. The van der Waals surface area contributed by atoms with Gasteiger partial charge in [0.2, 0.25) is 0 Å². The summed E-state index contributed by atoms with van der Waals surface area (Å²) in [6.45, 7) is 5.12. The minimum atomic E-state index is -0.156. The standard InChI is InChI=1S/C29H30FN3O/c1-2-25-15-22(11-12-31-25)29-26-16-21(9-10-23(26)17-32-29)28(34)14-20-6-5-13-33(18-20)19-24-7-3-4-8-27(24)30/h3-4,7-12,15-16,20H,2,5-6,13-14,17-19H2,1H3/t20-/m0/s1. The molecule has 2 aromatic carbocycles. The topological polar surface area (TPSA) is 45.6 Å². The third-order valence-corrected chi connectivity index (χ3v) is 6.98. The number of pyridine rings is 1. The number of likely N-dealkylation sites (tertiary alicyclic amines) is 1. The van der Waals surface area contributed by atoms with E-state index in [9.17, 15) is 9.18 Å². The summed E-state index contributed by atoms with van der Waals surface area (Å²) < 4.78 is 14.1. The molecule has 0 radical (unpaired) electrons. The van der Waals surface area contributed by atoms with E-state index in [2.05, 4.69) is 22.9 Å². The van der Waals surface area contributed by atoms with Crippen molar-refractivity contribution >= 4 is 11.5 Å². The molecule has 1 fully saturated rings. The number of piperidine rings is 1. The van der Waals surface area contributed by atoms with Crippen LogP contribution in [0, 0.1) is 11.7 Å². The number of Topliss-reactive ketones (excluding diaryl/α,β-unsaturated/α-hetero) is 1. The molecule has 34 heavy (non-hydrogen) atoms. The van der Waals surface area contributed by atoms with Gasteiger partial charge in [0, 0.05) is 53.7 Å². The van der Waals surface area contributed by atoms with E-state index in [0.717, 1.165) is 71.6 Å². The molecular formula is C29H30FN3O. The number of fused-ring (bicyclic) bond motifs is 1. The van der Waals surface area contributed by atoms with Crippen LogP contribution in [0.15, 0.2) is 65.8 Å². The average Bonchev–Trinajstić information content (AvgIpc) is 3.29. The largest absolute Gasteiger partial charge is 0.299 e. The van der Waals surface area contributed by atoms with Crippen LogP contribution in [-0.2, 0) is 19.5 Å². The minimum absolute atomic E-state index is 0.156. The maximum Gasteiger partial charge on any atom is 0.163 e. The van der Waals surface area contributed by atoms with Crippen molar-refractivity contribution in [2.75, 3.05) is 13.1 Å². The molecule has 5 rings (SSSR count). The summed E-state index contributed by atoms with van der Waals surface area (Å²) in [5, 5.41) is 0. The molecule has 0 unspecified atom stereocenters. The number of ketones is 1. The van der Waals surface area contributed by atoms with Gasteiger partial charge < -0.3 is 0 Å². The quantitative estimate of drug-likeness (QED) is 0.435. The summed E-state index contributed by atoms with van der Waals surface area (Å²) >= 11 is 0. The molecule has 2 aliphatic rings. The van der Waals surface area contributed by atoms with Gasteiger partial charge >= 0.3 is 0 Å². The van der Waals surface area contributed by atoms with E-state index in [1.54, 1.807) is 6.07 Å². The van der Waals surface area contributed by atoms with Gasteiger partial charge in [0.25, 0.3) is 0 Å². The predicted molar refractivity (Wildman–Crippen MR) is 133 cm³/mol. The van der Waals surface area contributed by atoms with E-state index in [-0.39, 0.29) is 11.6 Å². The Balaban J connectivity index is 1.27. The van der Waals surface area contributed by atoms with Crippen molar-refractivity contribution in [2.45, 2.75) is 45.7 Å². The number of aromatic nitrogens is 1. The highest BCUT2D eigenvalue weighted by Gasteiger charge is 2.25. The summed E-state index contributed by atoms with van der Waals surface area (Å²) in [4.78, 5) is 24.7. The van der Waals surface area contributed by atoms with Crippen molar-refractivity contribution in [1.82, 2.24) is 9.88 Å². The van der Waals surface area contributed by atoms with Gasteiger partial charge in [-0.2, -0.15) is 0 Å². The number of hydrogen-bond acceptors (Lipinski definition) is 4. The Morgan fingerprint density at radius 3 is 2.88 bits per heavy atom. The van der Waals surface area contributed by atoms with Crippen molar-refractivity contribution in [3.05, 3.63) is 100 Å². The Morgan fingerprint density at radius 2 is 2.03 bits per heavy atom. The number of benzene rings is 2. The Labute approximate surface area is 200 Å². The summed E-state index contributed by atoms with van der Waals surface area (Å²) in [6.07, 6.45) is 5.30. The van der Waals surface area contributed by atoms with E-state index in [1.807, 2.05) is 42.6 Å². The highest BCUT2D eigenvalue weighted by Crippen LogP contribution is 2.27. The monoisotopic (exact) mass is 455 g/mol. The minimum Gasteiger partial charge on any atom is -0.299 e. The van der Waals surface area contributed by atoms with E-state index in [4.69, 9.17) is 4.99 Å². The number of carbonyl (C=O) groups excluding carboxylic acids is 1. The summed E-state index contributed by atoms with van der Waals surface area (Å²) in [5.74, 6) is 0.314. The SMILES string of the molecule is CCc1cc(C2=NCc3ccc(C(=O)C[C@@H]4CCCN(Cc5ccccc5F)C4)cc32)ccn1. The first kappa shape index (κ1) is 22.6. The van der Waals surface area contributed by atoms with Crippen LogP contribution in [0.1, 0.15) is 64.5 Å². The van der Waals surface area contributed by atoms with Gasteiger partial charge in [0.1, 0.15) is 5.82 Å². The van der Waals surface area contributed by atoms with E-state index in [0.29, 0.717) is 25.4 Å². The second-order valence-electron chi connectivity index (χ2n) is 9.39. The fourth-order valence-corrected chi connectivity index (χ4v) is 5.13. The fraction of sp³-hybridized carbons (Fsp3) is 0.345. The van der Waals surface area contributed by atoms with Gasteiger partial charge in [0.15, 0.2) is 5.78 Å². The van der Waals surface area contributed by atoms with Gasteiger partial charge in [-0.05, 0) is 61.6 Å². The van der Waals surface area contributed by atoms with Gasteiger partial charge in [0.05, 0.1) is 12.3 Å². The molecule has 2 aliphatic heterocycles. The van der Waals surface area contributed by atoms with Crippen molar-refractivity contribution in [3.8, 4) is 0 Å². The van der Waals surface area contributed by atoms with Crippen LogP contribution in [0.25, 0.3) is 0 Å². The maximum atomic E-state index is 14.1. The number of hydrogen-bond donors (Lipinski definition) is 0. The number of nitrogens with zero attached hydrogens (tertiary/aromatic N) is 3. The lowest BCUT2D eigenvalue weighted by atomic mass is 9.89. The third-order valence-electron chi connectivity index (χ3n) is 6.98. The highest BCUT2D eigenvalue weighted by molar-refractivity contribution is 6.16. The first-order valence-electron chi connectivity index (χ1n) is 12.2. The Kier molecular flexibility index (Phi) is 6.63. The van der Waals surface area contributed by atoms with Crippen LogP contribution in [0.4, 0.5) is 4.39 Å². The summed E-state index contributed by atoms with van der Waals surface area (Å²) in [7, 11) is 0. The fourth-order valence-electron chi connectivity index (χ4n) is 5.13. The average molecular weight is 456 g/mol. The molecule has 0 amide bonds. The Morgan fingerprint density at radius 1 is 1.15 bits per heavy atom. The molecule has 3 aromatic rings. The van der Waals surface area contributed by atoms with Crippen LogP contribution in [0.2, 0.25) is 0 Å². The Bertz CT molecular complexity index is 1240. The zero-order valence-corrected chi connectivity index (χ0v) is 19.6. The number of carbonyl (C=O) groups is 1. The van der Waals surface area contributed by atoms with Gasteiger partial charge in [-0.15, -0.1) is 0 Å². The van der Waals surface area contributed by atoms with Crippen molar-refractivity contribution in [1.29, 1.82) is 0 Å². The molecule has 174 valence electrons. The first-order valence-corrected chi connectivity index (χ1v) is 12.2. The van der Waals surface area contributed by atoms with Gasteiger partial charge in [-0.25, -0.2) is 4.39 Å². The molecule has 1 aromatic heterocycles. The molecule has 0 saturated carbocycles. The third kappa shape index (κ3) is 4.85. The maximum absolute atomic E-state index is 14.1. The molecule has 1 atom stereocenters. The van der Waals surface area contributed by atoms with Crippen LogP contribution in [0.3, 0.4) is 0 Å². The first-order chi connectivity index (χ1) is 16.6. The zero-order chi connectivity index (χ0) is 23.5. The van der Waals surface area contributed by atoms with Crippen LogP contribution < -0.4 is 0 Å². The van der Waals surface area contributed by atoms with Gasteiger partial charge in [-0.1, -0.05) is 37.3 Å². The smallest absolute Gasteiger partial charge is 0.163 e. The lowest BCUT2D eigenvalue weighted by molar-refractivity contribution is 0.0912. The number of halogens is 1. The Hall–Kier alpha value is -3.18. The van der Waals surface area contributed by atoms with Crippen LogP contribution >= 0.6 is 0 Å². The second kappa shape index (κ2) is 9.98. The normalized spacial score (nSPS) is 17.9. The predicted octanol–water partition coefficient (Wildman–Crippen LogP) is 5.62. The summed E-state index contributed by atoms with van der Waals surface area (Å²) in [5.41, 5.74) is 6.76. The van der Waals surface area contributed by atoms with E-state index < -0.39 is 0 Å². The molecule has 4 nitrogen and oxygen atoms in total. The molecule has 0 spiro atoms. The zero-order valence-electron chi connectivity index (χ0n) is 19.6. The lowest BCUT2D eigenvalue weighted by Gasteiger charge is -2.32. The number of aryl methyl sites for hydroxylation is 1. The van der Waals surface area contributed by atoms with Crippen molar-refractivity contribution in [2.24, 2.45) is 10.9 Å². The van der Waals surface area contributed by atoms with Gasteiger partial charge in [-0.3, -0.25) is 19.7 Å². The molecule has 3 heterocycles. The van der Waals surface area contributed by atoms with E-state index in [1.165, 1.54) is 6.07 Å². The molecule has 0 N–H and O–H groups in total. The molecule has 0 aliphatic carbocycles. The van der Waals surface area contributed by atoms with Crippen LogP contribution in [-0.4, -0.2) is 34.5 Å². The number of rotatable bonds is 7. The highest BCUT2D eigenvalue weighted by atomic mass is 19.1.